The summed E-state index contributed by atoms with van der Waals surface area (Å²) in [5.74, 6) is 0.171. The Bertz CT molecular complexity index is 210. The number of rotatable bonds is 7. The van der Waals surface area contributed by atoms with Crippen molar-refractivity contribution in [2.75, 3.05) is 13.1 Å². The highest BCUT2D eigenvalue weighted by Crippen LogP contribution is 2.18. The molecule has 0 saturated heterocycles. The Morgan fingerprint density at radius 1 is 1.40 bits per heavy atom. The van der Waals surface area contributed by atoms with E-state index in [4.69, 9.17) is 0 Å². The van der Waals surface area contributed by atoms with Crippen molar-refractivity contribution >= 4 is 5.91 Å². The molecule has 0 aromatic heterocycles. The van der Waals surface area contributed by atoms with Gasteiger partial charge < -0.3 is 10.6 Å². The Kier molecular flexibility index (Phi) is 4.58. The molecule has 0 aromatic rings. The number of hydrogen-bond acceptors (Lipinski definition) is 2. The highest BCUT2D eigenvalue weighted by atomic mass is 16.1. The van der Waals surface area contributed by atoms with Crippen LogP contribution in [-0.4, -0.2) is 25.0 Å². The summed E-state index contributed by atoms with van der Waals surface area (Å²) in [5.41, 5.74) is 0.222. The Labute approximate surface area is 93.0 Å². The molecule has 1 amide bonds. The van der Waals surface area contributed by atoms with Crippen LogP contribution in [0.2, 0.25) is 0 Å². The molecule has 1 aliphatic rings. The molecule has 2 N–H and O–H groups in total. The zero-order valence-corrected chi connectivity index (χ0v) is 10.2. The Balaban J connectivity index is 2.01. The van der Waals surface area contributed by atoms with Crippen molar-refractivity contribution in [3.63, 3.8) is 0 Å². The van der Waals surface area contributed by atoms with E-state index < -0.39 is 0 Å². The summed E-state index contributed by atoms with van der Waals surface area (Å²) in [6, 6.07) is 0.699. The topological polar surface area (TPSA) is 41.1 Å². The fraction of sp³-hybridized carbons (Fsp3) is 0.917. The van der Waals surface area contributed by atoms with E-state index in [9.17, 15) is 4.79 Å². The summed E-state index contributed by atoms with van der Waals surface area (Å²) in [7, 11) is 0. The maximum Gasteiger partial charge on any atom is 0.221 e. The van der Waals surface area contributed by atoms with Gasteiger partial charge in [-0.2, -0.15) is 0 Å². The maximum absolute atomic E-state index is 11.5. The quantitative estimate of drug-likeness (QED) is 0.674. The van der Waals surface area contributed by atoms with E-state index in [2.05, 4.69) is 31.4 Å². The van der Waals surface area contributed by atoms with Crippen LogP contribution in [0.15, 0.2) is 0 Å². The zero-order chi connectivity index (χ0) is 11.3. The summed E-state index contributed by atoms with van der Waals surface area (Å²) in [6.07, 6.45) is 4.26. The van der Waals surface area contributed by atoms with E-state index in [1.165, 1.54) is 12.8 Å². The van der Waals surface area contributed by atoms with Crippen LogP contribution in [0.1, 0.15) is 46.5 Å². The van der Waals surface area contributed by atoms with Crippen molar-refractivity contribution in [1.29, 1.82) is 0 Å². The molecule has 15 heavy (non-hydrogen) atoms. The predicted octanol–water partition coefficient (Wildman–Crippen LogP) is 1.68. The second kappa shape index (κ2) is 5.50. The Morgan fingerprint density at radius 3 is 2.60 bits per heavy atom. The van der Waals surface area contributed by atoms with Gasteiger partial charge in [-0.1, -0.05) is 20.8 Å². The lowest BCUT2D eigenvalue weighted by molar-refractivity contribution is -0.121. The molecule has 0 bridgehead atoms. The lowest BCUT2D eigenvalue weighted by Crippen LogP contribution is -2.35. The smallest absolute Gasteiger partial charge is 0.221 e. The first-order valence-electron chi connectivity index (χ1n) is 6.03. The van der Waals surface area contributed by atoms with Gasteiger partial charge in [0.15, 0.2) is 0 Å². The van der Waals surface area contributed by atoms with E-state index >= 15 is 0 Å². The third kappa shape index (κ3) is 5.78. The molecule has 0 aliphatic heterocycles. The Morgan fingerprint density at radius 2 is 2.07 bits per heavy atom. The third-order valence-corrected chi connectivity index (χ3v) is 3.08. The molecule has 0 unspecified atom stereocenters. The minimum absolute atomic E-state index is 0.171. The number of nitrogens with one attached hydrogen (secondary N) is 2. The van der Waals surface area contributed by atoms with Crippen LogP contribution in [0.25, 0.3) is 0 Å². The number of carbonyl (C=O) groups excluding carboxylic acids is 1. The fourth-order valence-electron chi connectivity index (χ4n) is 1.23. The summed E-state index contributed by atoms with van der Waals surface area (Å²) < 4.78 is 0. The molecule has 0 spiro atoms. The summed E-state index contributed by atoms with van der Waals surface area (Å²) in [6.45, 7) is 8.11. The molecule has 3 nitrogen and oxygen atoms in total. The van der Waals surface area contributed by atoms with E-state index in [1.54, 1.807) is 0 Å². The number of amides is 1. The highest BCUT2D eigenvalue weighted by molar-refractivity contribution is 5.76. The van der Waals surface area contributed by atoms with Gasteiger partial charge >= 0.3 is 0 Å². The van der Waals surface area contributed by atoms with E-state index in [0.29, 0.717) is 12.5 Å². The molecule has 1 fully saturated rings. The molecule has 0 aromatic carbocycles. The van der Waals surface area contributed by atoms with Crippen molar-refractivity contribution in [2.24, 2.45) is 5.41 Å². The summed E-state index contributed by atoms with van der Waals surface area (Å²) in [4.78, 5) is 11.5. The second-order valence-electron chi connectivity index (χ2n) is 5.27. The van der Waals surface area contributed by atoms with Crippen molar-refractivity contribution in [1.82, 2.24) is 10.6 Å². The molecular weight excluding hydrogens is 188 g/mol. The van der Waals surface area contributed by atoms with Gasteiger partial charge in [0.25, 0.3) is 0 Å². The molecular formula is C12H24N2O. The minimum Gasteiger partial charge on any atom is -0.356 e. The van der Waals surface area contributed by atoms with E-state index in [1.807, 2.05) is 0 Å². The van der Waals surface area contributed by atoms with Crippen LogP contribution in [-0.2, 0) is 4.79 Å². The average Bonchev–Trinajstić information content (AvgIpc) is 2.99. The lowest BCUT2D eigenvalue weighted by Gasteiger charge is -2.22. The molecule has 0 atom stereocenters. The van der Waals surface area contributed by atoms with Crippen molar-refractivity contribution in [3.05, 3.63) is 0 Å². The first-order valence-corrected chi connectivity index (χ1v) is 6.03. The van der Waals surface area contributed by atoms with Gasteiger partial charge in [0.1, 0.15) is 0 Å². The van der Waals surface area contributed by atoms with Gasteiger partial charge in [-0.15, -0.1) is 0 Å². The van der Waals surface area contributed by atoms with Crippen LogP contribution in [0.4, 0.5) is 0 Å². The number of hydrogen-bond donors (Lipinski definition) is 2. The van der Waals surface area contributed by atoms with Gasteiger partial charge in [0.05, 0.1) is 0 Å². The Hall–Kier alpha value is -0.570. The van der Waals surface area contributed by atoms with Gasteiger partial charge in [-0.05, 0) is 24.7 Å². The second-order valence-corrected chi connectivity index (χ2v) is 5.27. The van der Waals surface area contributed by atoms with Crippen LogP contribution in [0.5, 0.6) is 0 Å². The molecule has 1 saturated carbocycles. The van der Waals surface area contributed by atoms with Gasteiger partial charge in [0.2, 0.25) is 5.91 Å². The normalized spacial score (nSPS) is 16.5. The van der Waals surface area contributed by atoms with Crippen LogP contribution in [0, 0.1) is 5.41 Å². The first-order chi connectivity index (χ1) is 7.03. The molecule has 0 heterocycles. The van der Waals surface area contributed by atoms with Gasteiger partial charge in [-0.3, -0.25) is 4.79 Å². The van der Waals surface area contributed by atoms with Crippen LogP contribution in [0.3, 0.4) is 0 Å². The standard InChI is InChI=1S/C12H24N2O/c1-4-12(2,3)9-14-11(15)7-8-13-10-5-6-10/h10,13H,4-9H2,1-3H3,(H,14,15). The van der Waals surface area contributed by atoms with Crippen molar-refractivity contribution in [2.45, 2.75) is 52.5 Å². The minimum atomic E-state index is 0.171. The van der Waals surface area contributed by atoms with Gasteiger partial charge in [0, 0.05) is 25.6 Å². The molecule has 0 radical (unpaired) electrons. The molecule has 88 valence electrons. The molecule has 1 rings (SSSR count). The first kappa shape index (κ1) is 12.5. The predicted molar refractivity (Wildman–Crippen MR) is 62.7 cm³/mol. The molecule has 1 aliphatic carbocycles. The lowest BCUT2D eigenvalue weighted by atomic mass is 9.90. The van der Waals surface area contributed by atoms with Crippen LogP contribution >= 0.6 is 0 Å². The van der Waals surface area contributed by atoms with E-state index in [-0.39, 0.29) is 11.3 Å². The fourth-order valence-corrected chi connectivity index (χ4v) is 1.23. The monoisotopic (exact) mass is 212 g/mol. The van der Waals surface area contributed by atoms with Crippen molar-refractivity contribution in [3.8, 4) is 0 Å². The number of carbonyl (C=O) groups is 1. The average molecular weight is 212 g/mol. The highest BCUT2D eigenvalue weighted by Gasteiger charge is 2.20. The SMILES string of the molecule is CCC(C)(C)CNC(=O)CCNC1CC1. The zero-order valence-electron chi connectivity index (χ0n) is 10.2. The maximum atomic E-state index is 11.5. The van der Waals surface area contributed by atoms with Gasteiger partial charge in [-0.25, -0.2) is 0 Å². The van der Waals surface area contributed by atoms with Crippen molar-refractivity contribution < 1.29 is 4.79 Å². The summed E-state index contributed by atoms with van der Waals surface area (Å²) in [5, 5.41) is 6.33. The molecule has 3 heteroatoms. The largest absolute Gasteiger partial charge is 0.356 e. The third-order valence-electron chi connectivity index (χ3n) is 3.08. The van der Waals surface area contributed by atoms with E-state index in [0.717, 1.165) is 19.5 Å². The van der Waals surface area contributed by atoms with Crippen LogP contribution < -0.4 is 10.6 Å². The summed E-state index contributed by atoms with van der Waals surface area (Å²) >= 11 is 0.